The predicted octanol–water partition coefficient (Wildman–Crippen LogP) is 3.58. The molecule has 0 saturated carbocycles. The van der Waals surface area contributed by atoms with E-state index in [1.54, 1.807) is 12.1 Å². The van der Waals surface area contributed by atoms with Crippen molar-refractivity contribution in [1.29, 1.82) is 0 Å². The van der Waals surface area contributed by atoms with E-state index < -0.39 is 5.60 Å². The van der Waals surface area contributed by atoms with Crippen LogP contribution >= 0.6 is 0 Å². The molecule has 110 valence electrons. The van der Waals surface area contributed by atoms with Crippen molar-refractivity contribution in [2.24, 2.45) is 5.92 Å². The number of phenols is 1. The van der Waals surface area contributed by atoms with Gasteiger partial charge >= 0.3 is 0 Å². The van der Waals surface area contributed by atoms with Gasteiger partial charge in [0.25, 0.3) is 0 Å². The predicted molar refractivity (Wildman–Crippen MR) is 80.0 cm³/mol. The Bertz CT molecular complexity index is 495. The highest BCUT2D eigenvalue weighted by Crippen LogP contribution is 2.35. The maximum absolute atomic E-state index is 9.96. The van der Waals surface area contributed by atoms with E-state index in [-0.39, 0.29) is 17.3 Å². The molecule has 0 radical (unpaired) electrons. The van der Waals surface area contributed by atoms with Crippen LogP contribution in [-0.2, 0) is 0 Å². The van der Waals surface area contributed by atoms with E-state index in [1.807, 2.05) is 45.9 Å². The summed E-state index contributed by atoms with van der Waals surface area (Å²) < 4.78 is 6.08. The van der Waals surface area contributed by atoms with E-state index in [0.717, 1.165) is 18.4 Å². The Labute approximate surface area is 120 Å². The smallest absolute Gasteiger partial charge is 0.124 e. The van der Waals surface area contributed by atoms with Crippen molar-refractivity contribution in [3.05, 3.63) is 35.9 Å². The normalized spacial score (nSPS) is 26.6. The highest BCUT2D eigenvalue weighted by molar-refractivity contribution is 5.37. The monoisotopic (exact) mass is 276 g/mol. The SMILES string of the molecule is Cc1cc(O)cc(OC(C)(C)[C@H]2C=C[C@](C)(O)CC2)c1. The van der Waals surface area contributed by atoms with Crippen LogP contribution in [-0.4, -0.2) is 21.4 Å². The first kappa shape index (κ1) is 14.9. The fraction of sp³-hybridized carbons (Fsp3) is 0.529. The molecular weight excluding hydrogens is 252 g/mol. The van der Waals surface area contributed by atoms with E-state index in [4.69, 9.17) is 4.74 Å². The van der Waals surface area contributed by atoms with Gasteiger partial charge in [-0.25, -0.2) is 0 Å². The maximum Gasteiger partial charge on any atom is 0.124 e. The molecule has 1 aromatic rings. The van der Waals surface area contributed by atoms with Crippen molar-refractivity contribution in [1.82, 2.24) is 0 Å². The molecule has 0 aliphatic heterocycles. The third-order valence-electron chi connectivity index (χ3n) is 3.96. The minimum absolute atomic E-state index is 0.220. The zero-order valence-corrected chi connectivity index (χ0v) is 12.7. The topological polar surface area (TPSA) is 49.7 Å². The van der Waals surface area contributed by atoms with Crippen LogP contribution in [0.5, 0.6) is 11.5 Å². The lowest BCUT2D eigenvalue weighted by molar-refractivity contribution is 0.0300. The summed E-state index contributed by atoms with van der Waals surface area (Å²) in [5, 5.41) is 19.6. The Morgan fingerprint density at radius 1 is 1.30 bits per heavy atom. The van der Waals surface area contributed by atoms with Gasteiger partial charge < -0.3 is 14.9 Å². The van der Waals surface area contributed by atoms with Gasteiger partial charge in [-0.15, -0.1) is 0 Å². The molecule has 1 aliphatic rings. The van der Waals surface area contributed by atoms with Crippen LogP contribution < -0.4 is 4.74 Å². The summed E-state index contributed by atoms with van der Waals surface area (Å²) in [6.45, 7) is 7.84. The van der Waals surface area contributed by atoms with E-state index in [1.165, 1.54) is 0 Å². The minimum Gasteiger partial charge on any atom is -0.508 e. The number of hydrogen-bond donors (Lipinski definition) is 2. The first-order valence-electron chi connectivity index (χ1n) is 7.09. The number of phenolic OH excluding ortho intramolecular Hbond substituents is 1. The lowest BCUT2D eigenvalue weighted by atomic mass is 9.78. The van der Waals surface area contributed by atoms with Gasteiger partial charge in [-0.1, -0.05) is 12.2 Å². The van der Waals surface area contributed by atoms with Crippen LogP contribution in [0.3, 0.4) is 0 Å². The van der Waals surface area contributed by atoms with Crippen LogP contribution in [0, 0.1) is 12.8 Å². The largest absolute Gasteiger partial charge is 0.508 e. The van der Waals surface area contributed by atoms with Crippen molar-refractivity contribution in [3.8, 4) is 11.5 Å². The molecule has 1 aliphatic carbocycles. The maximum atomic E-state index is 9.96. The van der Waals surface area contributed by atoms with Crippen molar-refractivity contribution in [2.75, 3.05) is 0 Å². The van der Waals surface area contributed by atoms with Gasteiger partial charge in [0, 0.05) is 12.0 Å². The van der Waals surface area contributed by atoms with E-state index in [0.29, 0.717) is 5.75 Å². The summed E-state index contributed by atoms with van der Waals surface area (Å²) >= 11 is 0. The molecule has 2 N–H and O–H groups in total. The number of ether oxygens (including phenoxy) is 1. The fourth-order valence-corrected chi connectivity index (χ4v) is 2.70. The molecule has 0 spiro atoms. The Morgan fingerprint density at radius 3 is 2.55 bits per heavy atom. The number of benzene rings is 1. The molecule has 0 amide bonds. The third kappa shape index (κ3) is 3.54. The Hall–Kier alpha value is -1.48. The van der Waals surface area contributed by atoms with Crippen LogP contribution in [0.15, 0.2) is 30.4 Å². The van der Waals surface area contributed by atoms with E-state index in [2.05, 4.69) is 0 Å². The summed E-state index contributed by atoms with van der Waals surface area (Å²) in [7, 11) is 0. The number of aryl methyl sites for hydroxylation is 1. The lowest BCUT2D eigenvalue weighted by Crippen LogP contribution is -2.40. The van der Waals surface area contributed by atoms with Crippen LogP contribution in [0.4, 0.5) is 0 Å². The molecule has 0 fully saturated rings. The second-order valence-electron chi connectivity index (χ2n) is 6.57. The van der Waals surface area contributed by atoms with Gasteiger partial charge in [-0.05, 0) is 58.2 Å². The first-order chi connectivity index (χ1) is 9.18. The first-order valence-corrected chi connectivity index (χ1v) is 7.09. The van der Waals surface area contributed by atoms with Crippen LogP contribution in [0.2, 0.25) is 0 Å². The molecule has 2 rings (SSSR count). The van der Waals surface area contributed by atoms with Crippen molar-refractivity contribution < 1.29 is 14.9 Å². The molecule has 2 atom stereocenters. The zero-order chi connectivity index (χ0) is 15.0. The van der Waals surface area contributed by atoms with Crippen LogP contribution in [0.1, 0.15) is 39.2 Å². The molecule has 20 heavy (non-hydrogen) atoms. The van der Waals surface area contributed by atoms with Gasteiger partial charge in [0.15, 0.2) is 0 Å². The Morgan fingerprint density at radius 2 is 2.00 bits per heavy atom. The molecule has 0 saturated heterocycles. The molecule has 3 heteroatoms. The number of aliphatic hydroxyl groups is 1. The Balaban J connectivity index is 2.15. The van der Waals surface area contributed by atoms with Gasteiger partial charge in [0.1, 0.15) is 17.1 Å². The Kier molecular flexibility index (Phi) is 3.83. The summed E-state index contributed by atoms with van der Waals surface area (Å²) in [5.74, 6) is 1.14. The standard InChI is InChI=1S/C17H24O3/c1-12-9-14(18)11-15(10-12)20-16(2,3)13-5-7-17(4,19)8-6-13/h5,7,9-11,13,18-19H,6,8H2,1-4H3/t13-,17-/m0/s1. The van der Waals surface area contributed by atoms with E-state index >= 15 is 0 Å². The average Bonchev–Trinajstić information content (AvgIpc) is 2.25. The molecule has 0 unspecified atom stereocenters. The molecule has 3 nitrogen and oxygen atoms in total. The summed E-state index contributed by atoms with van der Waals surface area (Å²) in [6.07, 6.45) is 5.52. The summed E-state index contributed by atoms with van der Waals surface area (Å²) in [4.78, 5) is 0. The van der Waals surface area contributed by atoms with Gasteiger partial charge in [-0.2, -0.15) is 0 Å². The summed E-state index contributed by atoms with van der Waals surface area (Å²) in [5.41, 5.74) is -0.112. The number of rotatable bonds is 3. The van der Waals surface area contributed by atoms with Crippen molar-refractivity contribution in [3.63, 3.8) is 0 Å². The third-order valence-corrected chi connectivity index (χ3v) is 3.96. The minimum atomic E-state index is -0.700. The van der Waals surface area contributed by atoms with Gasteiger partial charge in [0.05, 0.1) is 5.60 Å². The second-order valence-corrected chi connectivity index (χ2v) is 6.57. The summed E-state index contributed by atoms with van der Waals surface area (Å²) in [6, 6.07) is 5.26. The molecule has 0 aromatic heterocycles. The van der Waals surface area contributed by atoms with Crippen molar-refractivity contribution in [2.45, 2.75) is 51.7 Å². The molecule has 1 aromatic carbocycles. The van der Waals surface area contributed by atoms with Crippen molar-refractivity contribution >= 4 is 0 Å². The van der Waals surface area contributed by atoms with Crippen LogP contribution in [0.25, 0.3) is 0 Å². The average molecular weight is 276 g/mol. The highest BCUT2D eigenvalue weighted by Gasteiger charge is 2.34. The quantitative estimate of drug-likeness (QED) is 0.830. The molecule has 0 heterocycles. The molecular formula is C17H24O3. The number of hydrogen-bond acceptors (Lipinski definition) is 3. The van der Waals surface area contributed by atoms with Gasteiger partial charge in [-0.3, -0.25) is 0 Å². The zero-order valence-electron chi connectivity index (χ0n) is 12.7. The lowest BCUT2D eigenvalue weighted by Gasteiger charge is -2.37. The van der Waals surface area contributed by atoms with E-state index in [9.17, 15) is 10.2 Å². The molecule has 0 bridgehead atoms. The fourth-order valence-electron chi connectivity index (χ4n) is 2.70. The number of aromatic hydroxyl groups is 1. The highest BCUT2D eigenvalue weighted by atomic mass is 16.5. The van der Waals surface area contributed by atoms with Gasteiger partial charge in [0.2, 0.25) is 0 Å². The second kappa shape index (κ2) is 5.13.